The van der Waals surface area contributed by atoms with Crippen molar-refractivity contribution < 1.29 is 9.53 Å². The van der Waals surface area contributed by atoms with E-state index in [4.69, 9.17) is 10.5 Å². The first-order valence-corrected chi connectivity index (χ1v) is 6.79. The summed E-state index contributed by atoms with van der Waals surface area (Å²) in [6.07, 6.45) is 7.03. The van der Waals surface area contributed by atoms with E-state index in [0.717, 1.165) is 30.5 Å². The number of ether oxygens (including phenoxy) is 1. The highest BCUT2D eigenvalue weighted by Gasteiger charge is 2.24. The van der Waals surface area contributed by atoms with Crippen molar-refractivity contribution in [2.45, 2.75) is 32.6 Å². The molecule has 1 aromatic heterocycles. The van der Waals surface area contributed by atoms with Gasteiger partial charge < -0.3 is 10.5 Å². The molecule has 0 aliphatic heterocycles. The lowest BCUT2D eigenvalue weighted by molar-refractivity contribution is -0.148. The standard InChI is InChI=1S/C15H20N2O2/c1-2-10-19-15(18)12-7-5-11(6-8-12)14-13(16)4-3-9-17-14/h3-5,9,12H,2,6-8,10,16H2,1H3. The second-order valence-electron chi connectivity index (χ2n) is 4.81. The number of hydrogen-bond donors (Lipinski definition) is 1. The lowest BCUT2D eigenvalue weighted by atomic mass is 9.88. The van der Waals surface area contributed by atoms with E-state index in [1.807, 2.05) is 19.1 Å². The van der Waals surface area contributed by atoms with Crippen molar-refractivity contribution >= 4 is 17.2 Å². The maximum atomic E-state index is 11.8. The average molecular weight is 260 g/mol. The summed E-state index contributed by atoms with van der Waals surface area (Å²) in [5.74, 6) is -0.0913. The number of nitrogen functional groups attached to an aromatic ring is 1. The van der Waals surface area contributed by atoms with Crippen LogP contribution in [-0.4, -0.2) is 17.6 Å². The first-order chi connectivity index (χ1) is 9.22. The number of anilines is 1. The molecule has 0 fully saturated rings. The van der Waals surface area contributed by atoms with E-state index >= 15 is 0 Å². The van der Waals surface area contributed by atoms with Crippen LogP contribution in [0.1, 0.15) is 38.3 Å². The zero-order valence-electron chi connectivity index (χ0n) is 11.3. The van der Waals surface area contributed by atoms with Crippen molar-refractivity contribution in [1.82, 2.24) is 4.98 Å². The van der Waals surface area contributed by atoms with E-state index < -0.39 is 0 Å². The van der Waals surface area contributed by atoms with Crippen LogP contribution in [0.15, 0.2) is 24.4 Å². The van der Waals surface area contributed by atoms with Crippen LogP contribution >= 0.6 is 0 Å². The van der Waals surface area contributed by atoms with Crippen LogP contribution in [0.2, 0.25) is 0 Å². The molecule has 0 aromatic carbocycles. The van der Waals surface area contributed by atoms with Crippen LogP contribution < -0.4 is 5.73 Å². The third-order valence-corrected chi connectivity index (χ3v) is 3.34. The topological polar surface area (TPSA) is 65.2 Å². The van der Waals surface area contributed by atoms with Crippen LogP contribution in [0, 0.1) is 5.92 Å². The van der Waals surface area contributed by atoms with Crippen molar-refractivity contribution in [2.24, 2.45) is 5.92 Å². The number of rotatable bonds is 4. The molecule has 2 rings (SSSR count). The molecule has 1 atom stereocenters. The fraction of sp³-hybridized carbons (Fsp3) is 0.467. The molecule has 0 bridgehead atoms. The Kier molecular flexibility index (Phi) is 4.55. The van der Waals surface area contributed by atoms with E-state index in [9.17, 15) is 4.79 Å². The molecule has 1 aliphatic rings. The molecule has 2 N–H and O–H groups in total. The third kappa shape index (κ3) is 3.34. The SMILES string of the molecule is CCCOC(=O)C1CC=C(c2ncccc2N)CC1. The van der Waals surface area contributed by atoms with Gasteiger partial charge in [-0.05, 0) is 43.4 Å². The summed E-state index contributed by atoms with van der Waals surface area (Å²) in [6, 6.07) is 3.68. The summed E-state index contributed by atoms with van der Waals surface area (Å²) in [4.78, 5) is 16.1. The molecule has 1 unspecified atom stereocenters. The summed E-state index contributed by atoms with van der Waals surface area (Å²) in [5.41, 5.74) is 8.60. The number of esters is 1. The fourth-order valence-electron chi connectivity index (χ4n) is 2.27. The maximum absolute atomic E-state index is 11.8. The van der Waals surface area contributed by atoms with Crippen molar-refractivity contribution in [2.75, 3.05) is 12.3 Å². The molecule has 0 spiro atoms. The Hall–Kier alpha value is -1.84. The number of allylic oxidation sites excluding steroid dienone is 2. The molecule has 0 amide bonds. The van der Waals surface area contributed by atoms with Gasteiger partial charge in [-0.25, -0.2) is 0 Å². The van der Waals surface area contributed by atoms with Gasteiger partial charge in [0.25, 0.3) is 0 Å². The predicted molar refractivity (Wildman–Crippen MR) is 75.2 cm³/mol. The fourth-order valence-corrected chi connectivity index (χ4v) is 2.27. The van der Waals surface area contributed by atoms with Crippen molar-refractivity contribution in [1.29, 1.82) is 0 Å². The van der Waals surface area contributed by atoms with Gasteiger partial charge in [-0.2, -0.15) is 0 Å². The summed E-state index contributed by atoms with van der Waals surface area (Å²) >= 11 is 0. The highest BCUT2D eigenvalue weighted by atomic mass is 16.5. The Morgan fingerprint density at radius 2 is 2.42 bits per heavy atom. The van der Waals surface area contributed by atoms with Gasteiger partial charge in [0.05, 0.1) is 23.9 Å². The van der Waals surface area contributed by atoms with E-state index in [-0.39, 0.29) is 11.9 Å². The molecule has 4 nitrogen and oxygen atoms in total. The van der Waals surface area contributed by atoms with Gasteiger partial charge in [0.15, 0.2) is 0 Å². The molecule has 0 saturated carbocycles. The summed E-state index contributed by atoms with van der Waals surface area (Å²) in [7, 11) is 0. The molecule has 0 radical (unpaired) electrons. The molecule has 1 heterocycles. The molecule has 1 aromatic rings. The highest BCUT2D eigenvalue weighted by molar-refractivity contribution is 5.77. The van der Waals surface area contributed by atoms with Gasteiger partial charge >= 0.3 is 5.97 Å². The summed E-state index contributed by atoms with van der Waals surface area (Å²) in [6.45, 7) is 2.51. The zero-order chi connectivity index (χ0) is 13.7. The van der Waals surface area contributed by atoms with Crippen LogP contribution in [-0.2, 0) is 9.53 Å². The minimum absolute atomic E-state index is 0.0137. The van der Waals surface area contributed by atoms with E-state index in [1.54, 1.807) is 6.20 Å². The van der Waals surface area contributed by atoms with Gasteiger partial charge in [0.1, 0.15) is 0 Å². The van der Waals surface area contributed by atoms with E-state index in [2.05, 4.69) is 11.1 Å². The summed E-state index contributed by atoms with van der Waals surface area (Å²) in [5, 5.41) is 0. The first kappa shape index (κ1) is 13.6. The van der Waals surface area contributed by atoms with Crippen molar-refractivity contribution in [3.8, 4) is 0 Å². The predicted octanol–water partition coefficient (Wildman–Crippen LogP) is 2.80. The number of hydrogen-bond acceptors (Lipinski definition) is 4. The molecule has 1 aliphatic carbocycles. The number of pyridine rings is 1. The summed E-state index contributed by atoms with van der Waals surface area (Å²) < 4.78 is 5.19. The van der Waals surface area contributed by atoms with Crippen LogP contribution in [0.4, 0.5) is 5.69 Å². The van der Waals surface area contributed by atoms with Gasteiger partial charge in [0, 0.05) is 6.20 Å². The molecular weight excluding hydrogens is 240 g/mol. The minimum Gasteiger partial charge on any atom is -0.465 e. The largest absolute Gasteiger partial charge is 0.465 e. The Morgan fingerprint density at radius 1 is 1.58 bits per heavy atom. The number of nitrogens with zero attached hydrogens (tertiary/aromatic N) is 1. The second kappa shape index (κ2) is 6.36. The second-order valence-corrected chi connectivity index (χ2v) is 4.81. The maximum Gasteiger partial charge on any atom is 0.309 e. The van der Waals surface area contributed by atoms with Crippen LogP contribution in [0.25, 0.3) is 5.57 Å². The molecular formula is C15H20N2O2. The van der Waals surface area contributed by atoms with Gasteiger partial charge in [-0.15, -0.1) is 0 Å². The normalized spacial score (nSPS) is 18.8. The van der Waals surface area contributed by atoms with Crippen LogP contribution in [0.3, 0.4) is 0 Å². The molecule has 0 saturated heterocycles. The van der Waals surface area contributed by atoms with Gasteiger partial charge in [-0.1, -0.05) is 13.0 Å². The monoisotopic (exact) mass is 260 g/mol. The lowest BCUT2D eigenvalue weighted by Crippen LogP contribution is -2.20. The first-order valence-electron chi connectivity index (χ1n) is 6.79. The van der Waals surface area contributed by atoms with Crippen molar-refractivity contribution in [3.63, 3.8) is 0 Å². The number of nitrogens with two attached hydrogens (primary N) is 1. The molecule has 102 valence electrons. The number of aromatic nitrogens is 1. The quantitative estimate of drug-likeness (QED) is 0.845. The average Bonchev–Trinajstić information content (AvgIpc) is 2.45. The molecule has 4 heteroatoms. The van der Waals surface area contributed by atoms with E-state index in [1.165, 1.54) is 0 Å². The molecule has 19 heavy (non-hydrogen) atoms. The van der Waals surface area contributed by atoms with Gasteiger partial charge in [0.2, 0.25) is 0 Å². The van der Waals surface area contributed by atoms with Crippen molar-refractivity contribution in [3.05, 3.63) is 30.1 Å². The Balaban J connectivity index is 2.00. The highest BCUT2D eigenvalue weighted by Crippen LogP contribution is 2.32. The minimum atomic E-state index is -0.0776. The third-order valence-electron chi connectivity index (χ3n) is 3.34. The van der Waals surface area contributed by atoms with E-state index in [0.29, 0.717) is 18.7 Å². The van der Waals surface area contributed by atoms with Crippen LogP contribution in [0.5, 0.6) is 0 Å². The Morgan fingerprint density at radius 3 is 3.05 bits per heavy atom. The number of carbonyl (C=O) groups is 1. The lowest BCUT2D eigenvalue weighted by Gasteiger charge is -2.20. The smallest absolute Gasteiger partial charge is 0.309 e. The number of carbonyl (C=O) groups excluding carboxylic acids is 1. The Labute approximate surface area is 113 Å². The zero-order valence-corrected chi connectivity index (χ0v) is 11.3. The Bertz CT molecular complexity index is 483. The van der Waals surface area contributed by atoms with Gasteiger partial charge in [-0.3, -0.25) is 9.78 Å².